The van der Waals surface area contributed by atoms with E-state index in [0.717, 1.165) is 10.0 Å². The van der Waals surface area contributed by atoms with Crippen molar-refractivity contribution in [3.63, 3.8) is 0 Å². The lowest BCUT2D eigenvalue weighted by Gasteiger charge is -2.05. The minimum Gasteiger partial charge on any atom is -0.480 e. The number of hydrogen-bond donors (Lipinski definition) is 1. The summed E-state index contributed by atoms with van der Waals surface area (Å²) in [6, 6.07) is 5.53. The first kappa shape index (κ1) is 19.0. The number of halogens is 1. The summed E-state index contributed by atoms with van der Waals surface area (Å²) in [5.74, 6) is 2.80. The number of carbonyl (C=O) groups is 1. The molecule has 0 saturated heterocycles. The summed E-state index contributed by atoms with van der Waals surface area (Å²) in [5.41, 5.74) is 4.36. The van der Waals surface area contributed by atoms with E-state index in [2.05, 4.69) is 37.4 Å². The molecule has 1 heterocycles. The molecule has 0 saturated carbocycles. The van der Waals surface area contributed by atoms with E-state index >= 15 is 0 Å². The Morgan fingerprint density at radius 2 is 2.40 bits per heavy atom. The van der Waals surface area contributed by atoms with Gasteiger partial charge >= 0.3 is 5.97 Å². The van der Waals surface area contributed by atoms with Gasteiger partial charge in [-0.05, 0) is 46.6 Å². The van der Waals surface area contributed by atoms with Crippen molar-refractivity contribution < 1.29 is 14.3 Å². The zero-order valence-electron chi connectivity index (χ0n) is 13.5. The lowest BCUT2D eigenvalue weighted by molar-refractivity contribution is -0.142. The molecule has 0 aliphatic rings. The third kappa shape index (κ3) is 6.21. The van der Waals surface area contributed by atoms with Crippen LogP contribution in [0.15, 0.2) is 33.2 Å². The maximum atomic E-state index is 11.4. The number of anilines is 1. The monoisotopic (exact) mass is 421 g/mol. The number of terminal acetylenes is 1. The summed E-state index contributed by atoms with van der Waals surface area (Å²) in [5, 5.41) is 6.53. The molecule has 0 aliphatic heterocycles. The van der Waals surface area contributed by atoms with Crippen LogP contribution in [-0.4, -0.2) is 30.4 Å². The zero-order valence-corrected chi connectivity index (χ0v) is 15.9. The SMILES string of the molecule is C#CCOc1ccc(C=NNc2nc(CC(=O)OCC)cs2)cc1Br. The molecule has 0 amide bonds. The van der Waals surface area contributed by atoms with E-state index in [1.165, 1.54) is 11.3 Å². The van der Waals surface area contributed by atoms with Crippen LogP contribution in [-0.2, 0) is 16.0 Å². The number of esters is 1. The molecule has 0 bridgehead atoms. The van der Waals surface area contributed by atoms with Crippen LogP contribution in [0.4, 0.5) is 5.13 Å². The Morgan fingerprint density at radius 1 is 1.56 bits per heavy atom. The molecule has 1 aromatic heterocycles. The van der Waals surface area contributed by atoms with Gasteiger partial charge in [0.15, 0.2) is 0 Å². The standard InChI is InChI=1S/C17H16BrN3O3S/c1-3-7-24-15-6-5-12(8-14(15)18)10-19-21-17-20-13(11-25-17)9-16(22)23-4-2/h1,5-6,8,10-11H,4,7,9H2,2H3,(H,20,21). The van der Waals surface area contributed by atoms with Crippen LogP contribution >= 0.6 is 27.3 Å². The minimum absolute atomic E-state index is 0.155. The van der Waals surface area contributed by atoms with Crippen LogP contribution < -0.4 is 10.2 Å². The first-order valence-electron chi connectivity index (χ1n) is 7.37. The molecule has 0 atom stereocenters. The Bertz CT molecular complexity index is 799. The van der Waals surface area contributed by atoms with Gasteiger partial charge in [-0.2, -0.15) is 5.10 Å². The largest absolute Gasteiger partial charge is 0.480 e. The fourth-order valence-electron chi connectivity index (χ4n) is 1.80. The highest BCUT2D eigenvalue weighted by Crippen LogP contribution is 2.25. The van der Waals surface area contributed by atoms with E-state index < -0.39 is 0 Å². The second-order valence-electron chi connectivity index (χ2n) is 4.68. The van der Waals surface area contributed by atoms with Crippen molar-refractivity contribution in [1.82, 2.24) is 4.98 Å². The third-order valence-electron chi connectivity index (χ3n) is 2.82. The number of hydrazone groups is 1. The van der Waals surface area contributed by atoms with E-state index in [1.54, 1.807) is 18.5 Å². The van der Waals surface area contributed by atoms with Crippen LogP contribution in [0, 0.1) is 12.3 Å². The van der Waals surface area contributed by atoms with Crippen LogP contribution in [0.5, 0.6) is 5.75 Å². The molecule has 2 rings (SSSR count). The molecule has 1 N–H and O–H groups in total. The fraction of sp³-hybridized carbons (Fsp3) is 0.235. The second-order valence-corrected chi connectivity index (χ2v) is 6.39. The summed E-state index contributed by atoms with van der Waals surface area (Å²) in [6.07, 6.45) is 6.98. The molecular weight excluding hydrogens is 406 g/mol. The number of rotatable bonds is 8. The maximum absolute atomic E-state index is 11.4. The summed E-state index contributed by atoms with van der Waals surface area (Å²) in [4.78, 5) is 15.7. The highest BCUT2D eigenvalue weighted by Gasteiger charge is 2.08. The highest BCUT2D eigenvalue weighted by molar-refractivity contribution is 9.10. The molecule has 1 aromatic carbocycles. The van der Waals surface area contributed by atoms with E-state index in [1.807, 2.05) is 18.2 Å². The molecule has 0 spiro atoms. The average Bonchev–Trinajstić information content (AvgIpc) is 3.01. The summed E-state index contributed by atoms with van der Waals surface area (Å²) in [7, 11) is 0. The normalized spacial score (nSPS) is 10.4. The third-order valence-corrected chi connectivity index (χ3v) is 4.24. The zero-order chi connectivity index (χ0) is 18.1. The molecule has 25 heavy (non-hydrogen) atoms. The van der Waals surface area contributed by atoms with Crippen LogP contribution in [0.3, 0.4) is 0 Å². The van der Waals surface area contributed by atoms with Gasteiger partial charge in [0.25, 0.3) is 0 Å². The van der Waals surface area contributed by atoms with Gasteiger partial charge in [-0.1, -0.05) is 5.92 Å². The van der Waals surface area contributed by atoms with Gasteiger partial charge < -0.3 is 9.47 Å². The predicted molar refractivity (Wildman–Crippen MR) is 102 cm³/mol. The number of nitrogens with one attached hydrogen (secondary N) is 1. The van der Waals surface area contributed by atoms with Gasteiger partial charge in [0, 0.05) is 5.38 Å². The van der Waals surface area contributed by atoms with Crippen molar-refractivity contribution in [1.29, 1.82) is 0 Å². The number of hydrogen-bond acceptors (Lipinski definition) is 7. The topological polar surface area (TPSA) is 72.8 Å². The number of thiazole rings is 1. The van der Waals surface area contributed by atoms with Crippen molar-refractivity contribution in [2.75, 3.05) is 18.6 Å². The summed E-state index contributed by atoms with van der Waals surface area (Å²) >= 11 is 4.79. The average molecular weight is 422 g/mol. The molecule has 0 fully saturated rings. The van der Waals surface area contributed by atoms with Gasteiger partial charge in [0.1, 0.15) is 12.4 Å². The summed E-state index contributed by atoms with van der Waals surface area (Å²) < 4.78 is 11.1. The fourth-order valence-corrected chi connectivity index (χ4v) is 2.97. The lowest BCUT2D eigenvalue weighted by Crippen LogP contribution is -2.07. The lowest BCUT2D eigenvalue weighted by atomic mass is 10.2. The molecule has 0 aliphatic carbocycles. The molecular formula is C17H16BrN3O3S. The van der Waals surface area contributed by atoms with Gasteiger partial charge in [-0.3, -0.25) is 10.2 Å². The predicted octanol–water partition coefficient (Wildman–Crippen LogP) is 3.47. The number of ether oxygens (including phenoxy) is 2. The number of aromatic nitrogens is 1. The first-order valence-corrected chi connectivity index (χ1v) is 9.04. The number of carbonyl (C=O) groups excluding carboxylic acids is 1. The molecule has 6 nitrogen and oxygen atoms in total. The summed E-state index contributed by atoms with van der Waals surface area (Å²) in [6.45, 7) is 2.35. The van der Waals surface area contributed by atoms with E-state index in [-0.39, 0.29) is 19.0 Å². The Hall–Kier alpha value is -2.37. The highest BCUT2D eigenvalue weighted by atomic mass is 79.9. The van der Waals surface area contributed by atoms with Crippen LogP contribution in [0.1, 0.15) is 18.2 Å². The van der Waals surface area contributed by atoms with Crippen molar-refractivity contribution in [2.24, 2.45) is 5.10 Å². The molecule has 130 valence electrons. The maximum Gasteiger partial charge on any atom is 0.311 e. The Labute approximate surface area is 158 Å². The Kier molecular flexibility index (Phi) is 7.44. The molecule has 2 aromatic rings. The van der Waals surface area contributed by atoms with E-state index in [0.29, 0.717) is 23.2 Å². The van der Waals surface area contributed by atoms with E-state index in [4.69, 9.17) is 15.9 Å². The van der Waals surface area contributed by atoms with Crippen molar-refractivity contribution in [3.05, 3.63) is 39.3 Å². The Morgan fingerprint density at radius 3 is 3.12 bits per heavy atom. The van der Waals surface area contributed by atoms with Crippen molar-refractivity contribution in [3.8, 4) is 18.1 Å². The first-order chi connectivity index (χ1) is 12.1. The molecule has 0 unspecified atom stereocenters. The van der Waals surface area contributed by atoms with Gasteiger partial charge in [-0.15, -0.1) is 17.8 Å². The molecule has 0 radical (unpaired) electrons. The quantitative estimate of drug-likeness (QED) is 0.305. The minimum atomic E-state index is -0.292. The number of nitrogens with zero attached hydrogens (tertiary/aromatic N) is 2. The Balaban J connectivity index is 1.91. The van der Waals surface area contributed by atoms with Crippen molar-refractivity contribution >= 4 is 44.6 Å². The molecule has 8 heteroatoms. The second kappa shape index (κ2) is 9.81. The van der Waals surface area contributed by atoms with Crippen molar-refractivity contribution in [2.45, 2.75) is 13.3 Å². The van der Waals surface area contributed by atoms with Crippen LogP contribution in [0.2, 0.25) is 0 Å². The van der Waals surface area contributed by atoms with Crippen LogP contribution in [0.25, 0.3) is 0 Å². The number of benzene rings is 1. The van der Waals surface area contributed by atoms with Gasteiger partial charge in [0.2, 0.25) is 5.13 Å². The van der Waals surface area contributed by atoms with E-state index in [9.17, 15) is 4.79 Å². The smallest absolute Gasteiger partial charge is 0.311 e. The van der Waals surface area contributed by atoms with Gasteiger partial charge in [-0.25, -0.2) is 4.98 Å². The van der Waals surface area contributed by atoms with Gasteiger partial charge in [0.05, 0.1) is 29.4 Å².